The van der Waals surface area contributed by atoms with Crippen LogP contribution in [0.15, 0.2) is 12.2 Å². The molecule has 0 radical (unpaired) electrons. The van der Waals surface area contributed by atoms with E-state index >= 15 is 0 Å². The van der Waals surface area contributed by atoms with Gasteiger partial charge in [0.05, 0.1) is 6.61 Å². The summed E-state index contributed by atoms with van der Waals surface area (Å²) < 4.78 is 15.5. The first kappa shape index (κ1) is 35.5. The zero-order chi connectivity index (χ0) is 25.9. The zero-order valence-corrected chi connectivity index (χ0v) is 24.8. The minimum absolute atomic E-state index is 0.0909. The average Bonchev–Trinajstić information content (AvgIpc) is 2.75. The van der Waals surface area contributed by atoms with E-state index in [4.69, 9.17) is 12.3 Å². The van der Waals surface area contributed by atoms with Crippen molar-refractivity contribution in [3.05, 3.63) is 12.2 Å². The molecule has 200 valence electrons. The Bertz CT molecular complexity index is 469. The smallest absolute Gasteiger partial charge is 0.479 e. The third-order valence-corrected chi connectivity index (χ3v) is 6.72. The molecule has 0 atom stereocenters. The Hall–Kier alpha value is -0.668. The molecule has 0 amide bonds. The molecule has 0 rings (SSSR count). The average molecular weight is 499 g/mol. The van der Waals surface area contributed by atoms with Gasteiger partial charge in [-0.3, -0.25) is 9.59 Å². The van der Waals surface area contributed by atoms with E-state index < -0.39 is 15.9 Å². The summed E-state index contributed by atoms with van der Waals surface area (Å²) in [5, 5.41) is 0. The minimum atomic E-state index is -0.684. The monoisotopic (exact) mass is 498 g/mol. The number of allylic oxidation sites excluding steroid dienone is 2. The molecule has 0 aromatic rings. The molecular weight excluding hydrogens is 443 g/mol. The number of ether oxygens (including phenoxy) is 1. The summed E-state index contributed by atoms with van der Waals surface area (Å²) in [4.78, 5) is 21.9. The Morgan fingerprint density at radius 3 is 1.59 bits per heavy atom. The van der Waals surface area contributed by atoms with Crippen molar-refractivity contribution in [3.8, 4) is 0 Å². The Morgan fingerprint density at radius 2 is 1.15 bits per heavy atom. The molecule has 0 spiro atoms. The van der Waals surface area contributed by atoms with Crippen molar-refractivity contribution < 1.29 is 21.9 Å². The summed E-state index contributed by atoms with van der Waals surface area (Å²) in [5.41, 5.74) is 0. The molecule has 0 bridgehead atoms. The molecular formula is C28H55AlO5. The topological polar surface area (TPSA) is 61.8 Å². The normalized spacial score (nSPS) is 11.1. The van der Waals surface area contributed by atoms with Crippen LogP contribution < -0.4 is 0 Å². The molecule has 34 heavy (non-hydrogen) atoms. The van der Waals surface area contributed by atoms with E-state index in [1.165, 1.54) is 84.0 Å². The first-order valence-corrected chi connectivity index (χ1v) is 15.0. The van der Waals surface area contributed by atoms with E-state index in [2.05, 4.69) is 19.1 Å². The van der Waals surface area contributed by atoms with Gasteiger partial charge in [-0.1, -0.05) is 76.9 Å². The highest BCUT2D eigenvalue weighted by atomic mass is 27.2. The number of carbonyl (C=O) groups is 2. The molecule has 0 unspecified atom stereocenters. The highest BCUT2D eigenvalue weighted by Crippen LogP contribution is 2.10. The maximum atomic E-state index is 11.2. The Labute approximate surface area is 218 Å². The lowest BCUT2D eigenvalue weighted by atomic mass is 10.1. The predicted octanol–water partition coefficient (Wildman–Crippen LogP) is 7.65. The van der Waals surface area contributed by atoms with Gasteiger partial charge in [0.2, 0.25) is 0 Å². The second-order valence-corrected chi connectivity index (χ2v) is 10.5. The lowest BCUT2D eigenvalue weighted by Gasteiger charge is -2.09. The fraction of sp³-hybridized carbons (Fsp3) is 0.857. The van der Waals surface area contributed by atoms with Gasteiger partial charge in [0.25, 0.3) is 0 Å². The quantitative estimate of drug-likeness (QED) is 0.0504. The summed E-state index contributed by atoms with van der Waals surface area (Å²) in [7, 11) is 0. The van der Waals surface area contributed by atoms with E-state index in [0.29, 0.717) is 18.8 Å². The third-order valence-electron chi connectivity index (χ3n) is 5.12. The van der Waals surface area contributed by atoms with Crippen LogP contribution in [-0.2, 0) is 21.9 Å². The van der Waals surface area contributed by atoms with Crippen molar-refractivity contribution in [2.75, 3.05) is 6.61 Å². The summed E-state index contributed by atoms with van der Waals surface area (Å²) in [6, 6.07) is 0. The van der Waals surface area contributed by atoms with E-state index in [-0.39, 0.29) is 18.2 Å². The molecule has 6 heteroatoms. The summed E-state index contributed by atoms with van der Waals surface area (Å²) in [6.07, 6.45) is 23.0. The van der Waals surface area contributed by atoms with Crippen LogP contribution in [0.2, 0.25) is 0 Å². The number of hydrogen-bond acceptors (Lipinski definition) is 5. The molecule has 0 heterocycles. The maximum absolute atomic E-state index is 11.2. The van der Waals surface area contributed by atoms with Crippen LogP contribution >= 0.6 is 0 Å². The van der Waals surface area contributed by atoms with Crippen LogP contribution in [0.4, 0.5) is 0 Å². The molecule has 0 aromatic carbocycles. The first-order chi connectivity index (χ1) is 16.3. The highest BCUT2D eigenvalue weighted by Gasteiger charge is 2.05. The van der Waals surface area contributed by atoms with Crippen LogP contribution in [0, 0.1) is 0 Å². The first-order valence-electron chi connectivity index (χ1n) is 13.8. The summed E-state index contributed by atoms with van der Waals surface area (Å²) in [6.45, 7) is 12.2. The standard InChI is InChI=1S/C22H40O3.2C3H7O.Al.H/c1-3-4-5-6-7-8-9-10-11-12-13-14-15-16-17-18-19-25-22(24)20-21(2)23;2*1-3(2)4;;/h10-11H,3-9,12-20H2,1-2H3;2*3H,1-2H3;;/q;2*-1;+2;/b11-10-;;;;. The molecule has 0 aromatic heterocycles. The van der Waals surface area contributed by atoms with E-state index in [1.807, 2.05) is 27.7 Å². The molecule has 5 nitrogen and oxygen atoms in total. The van der Waals surface area contributed by atoms with Crippen LogP contribution in [0.5, 0.6) is 0 Å². The Morgan fingerprint density at radius 1 is 0.706 bits per heavy atom. The number of ketones is 1. The number of carbonyl (C=O) groups excluding carboxylic acids is 2. The van der Waals surface area contributed by atoms with Crippen molar-refractivity contribution in [2.24, 2.45) is 0 Å². The summed E-state index contributed by atoms with van der Waals surface area (Å²) >= 11 is -0.684. The number of Topliss-reactive ketones (excluding diaryl/α,β-unsaturated/α-hetero) is 1. The van der Waals surface area contributed by atoms with Crippen molar-refractivity contribution in [2.45, 2.75) is 150 Å². The Kier molecular flexibility index (Phi) is 29.8. The molecule has 0 saturated carbocycles. The van der Waals surface area contributed by atoms with Gasteiger partial charge in [0.15, 0.2) is 0 Å². The van der Waals surface area contributed by atoms with Crippen molar-refractivity contribution >= 4 is 27.6 Å². The lowest BCUT2D eigenvalue weighted by Crippen LogP contribution is -2.14. The number of hydrogen-bond donors (Lipinski definition) is 0. The predicted molar refractivity (Wildman–Crippen MR) is 145 cm³/mol. The fourth-order valence-electron chi connectivity index (χ4n) is 3.10. The van der Waals surface area contributed by atoms with Crippen LogP contribution in [0.3, 0.4) is 0 Å². The van der Waals surface area contributed by atoms with Gasteiger partial charge in [-0.25, -0.2) is 0 Å². The molecule has 0 N–H and O–H groups in total. The van der Waals surface area contributed by atoms with E-state index in [0.717, 1.165) is 12.8 Å². The summed E-state index contributed by atoms with van der Waals surface area (Å²) in [5.74, 6) is -0.522. The largest absolute Gasteiger partial charge is 0.650 e. The number of esters is 1. The van der Waals surface area contributed by atoms with Gasteiger partial charge in [0, 0.05) is 12.2 Å². The Balaban J connectivity index is 0. The second-order valence-electron chi connectivity index (χ2n) is 9.59. The van der Waals surface area contributed by atoms with Gasteiger partial charge in [-0.2, -0.15) is 0 Å². The minimum Gasteiger partial charge on any atom is -0.479 e. The lowest BCUT2D eigenvalue weighted by molar-refractivity contribution is -0.145. The van der Waals surface area contributed by atoms with Gasteiger partial charge in [-0.05, 0) is 66.7 Å². The maximum Gasteiger partial charge on any atom is 0.650 e. The fourth-order valence-corrected chi connectivity index (χ4v) is 3.72. The molecule has 0 aliphatic rings. The molecule has 0 fully saturated rings. The highest BCUT2D eigenvalue weighted by molar-refractivity contribution is 6.18. The van der Waals surface area contributed by atoms with Crippen LogP contribution in [-0.4, -0.2) is 46.5 Å². The van der Waals surface area contributed by atoms with Gasteiger partial charge in [0.1, 0.15) is 12.2 Å². The number of rotatable bonds is 22. The van der Waals surface area contributed by atoms with Gasteiger partial charge >= 0.3 is 21.9 Å². The third kappa shape index (κ3) is 35.9. The van der Waals surface area contributed by atoms with Crippen molar-refractivity contribution in [1.82, 2.24) is 0 Å². The SMILES string of the molecule is CC(C)[O][AlH][O]C(C)C.CCCCCCCC/C=C\CCCCCCCCOC(=O)CC(C)=O. The second kappa shape index (κ2) is 28.6. The number of unbranched alkanes of at least 4 members (excludes halogenated alkanes) is 12. The van der Waals surface area contributed by atoms with Crippen molar-refractivity contribution in [3.63, 3.8) is 0 Å². The van der Waals surface area contributed by atoms with Gasteiger partial charge in [-0.15, -0.1) is 0 Å². The molecule has 0 aliphatic carbocycles. The van der Waals surface area contributed by atoms with E-state index in [1.54, 1.807) is 0 Å². The van der Waals surface area contributed by atoms with Crippen LogP contribution in [0.1, 0.15) is 138 Å². The molecule has 0 aliphatic heterocycles. The zero-order valence-electron chi connectivity index (χ0n) is 23.4. The van der Waals surface area contributed by atoms with Gasteiger partial charge < -0.3 is 12.3 Å². The van der Waals surface area contributed by atoms with Crippen LogP contribution in [0.25, 0.3) is 0 Å². The molecule has 0 saturated heterocycles. The van der Waals surface area contributed by atoms with Crippen molar-refractivity contribution in [1.29, 1.82) is 0 Å². The van der Waals surface area contributed by atoms with E-state index in [9.17, 15) is 9.59 Å².